The molecule has 0 bridgehead atoms. The predicted octanol–water partition coefficient (Wildman–Crippen LogP) is 1.93. The van der Waals surface area contributed by atoms with Crippen LogP contribution in [0.3, 0.4) is 0 Å². The van der Waals surface area contributed by atoms with Crippen molar-refractivity contribution in [2.75, 3.05) is 13.1 Å². The average molecular weight is 161 g/mol. The number of nitrogens with zero attached hydrogens (tertiary/aromatic N) is 1. The van der Waals surface area contributed by atoms with E-state index in [4.69, 9.17) is 0 Å². The summed E-state index contributed by atoms with van der Waals surface area (Å²) in [6, 6.07) is 11.5. The van der Waals surface area contributed by atoms with Gasteiger partial charge in [-0.2, -0.15) is 0 Å². The van der Waals surface area contributed by atoms with Crippen molar-refractivity contribution in [3.63, 3.8) is 0 Å². The van der Waals surface area contributed by atoms with E-state index in [1.54, 1.807) is 0 Å². The summed E-state index contributed by atoms with van der Waals surface area (Å²) < 4.78 is 0. The Labute approximate surface area is 74.0 Å². The van der Waals surface area contributed by atoms with Crippen molar-refractivity contribution in [3.8, 4) is 0 Å². The van der Waals surface area contributed by atoms with E-state index < -0.39 is 0 Å². The van der Waals surface area contributed by atoms with Crippen molar-refractivity contribution in [1.82, 2.24) is 4.90 Å². The van der Waals surface area contributed by atoms with Crippen LogP contribution in [-0.4, -0.2) is 24.0 Å². The maximum absolute atomic E-state index is 2.49. The van der Waals surface area contributed by atoms with E-state index in [2.05, 4.69) is 42.2 Å². The van der Waals surface area contributed by atoms with Gasteiger partial charge in [-0.15, -0.1) is 0 Å². The first-order valence-corrected chi connectivity index (χ1v) is 4.64. The Balaban J connectivity index is 1.80. The highest BCUT2D eigenvalue weighted by molar-refractivity contribution is 5.15. The molecule has 64 valence electrons. The minimum Gasteiger partial charge on any atom is -0.298 e. The van der Waals surface area contributed by atoms with Gasteiger partial charge < -0.3 is 0 Å². The summed E-state index contributed by atoms with van der Waals surface area (Å²) in [6.45, 7) is 4.81. The van der Waals surface area contributed by atoms with Crippen LogP contribution in [-0.2, 0) is 6.42 Å². The van der Waals surface area contributed by atoms with Crippen LogP contribution >= 0.6 is 0 Å². The molecule has 1 aromatic rings. The van der Waals surface area contributed by atoms with Gasteiger partial charge in [-0.25, -0.2) is 0 Å². The zero-order chi connectivity index (χ0) is 8.39. The Hall–Kier alpha value is -0.820. The first-order valence-electron chi connectivity index (χ1n) is 4.64. The predicted molar refractivity (Wildman–Crippen MR) is 51.2 cm³/mol. The zero-order valence-corrected chi connectivity index (χ0v) is 7.53. The summed E-state index contributed by atoms with van der Waals surface area (Å²) in [7, 11) is 0. The van der Waals surface area contributed by atoms with Gasteiger partial charge in [0.2, 0.25) is 0 Å². The summed E-state index contributed by atoms with van der Waals surface area (Å²) in [5, 5.41) is 0. The van der Waals surface area contributed by atoms with E-state index in [9.17, 15) is 0 Å². The van der Waals surface area contributed by atoms with E-state index in [0.717, 1.165) is 6.04 Å². The van der Waals surface area contributed by atoms with Gasteiger partial charge in [0, 0.05) is 19.1 Å². The molecule has 0 aromatic heterocycles. The van der Waals surface area contributed by atoms with Gasteiger partial charge in [0.05, 0.1) is 0 Å². The van der Waals surface area contributed by atoms with Crippen molar-refractivity contribution in [1.29, 1.82) is 0 Å². The molecule has 0 amide bonds. The topological polar surface area (TPSA) is 3.01 Å². The van der Waals surface area contributed by atoms with Crippen molar-refractivity contribution >= 4 is 0 Å². The summed E-state index contributed by atoms with van der Waals surface area (Å²) in [4.78, 5) is 2.49. The molecule has 2 rings (SSSR count). The molecule has 1 saturated heterocycles. The van der Waals surface area contributed by atoms with Crippen LogP contribution in [0.2, 0.25) is 0 Å². The molecule has 1 heterocycles. The molecule has 0 spiro atoms. The van der Waals surface area contributed by atoms with Crippen LogP contribution < -0.4 is 0 Å². The van der Waals surface area contributed by atoms with E-state index in [-0.39, 0.29) is 0 Å². The van der Waals surface area contributed by atoms with Crippen LogP contribution in [0.25, 0.3) is 0 Å². The second-order valence-corrected chi connectivity index (χ2v) is 3.58. The molecule has 0 radical (unpaired) electrons. The van der Waals surface area contributed by atoms with E-state index in [0.29, 0.717) is 0 Å². The van der Waals surface area contributed by atoms with Crippen molar-refractivity contribution in [2.24, 2.45) is 0 Å². The van der Waals surface area contributed by atoms with Crippen molar-refractivity contribution in [2.45, 2.75) is 19.4 Å². The van der Waals surface area contributed by atoms with Gasteiger partial charge in [0.1, 0.15) is 0 Å². The maximum atomic E-state index is 2.49. The normalized spacial score (nSPS) is 27.1. The minimum atomic E-state index is 0.841. The molecule has 1 nitrogen and oxygen atoms in total. The Morgan fingerprint density at radius 3 is 2.58 bits per heavy atom. The monoisotopic (exact) mass is 161 g/mol. The third kappa shape index (κ3) is 1.86. The Morgan fingerprint density at radius 2 is 2.00 bits per heavy atom. The molecule has 1 heteroatoms. The number of rotatable bonds is 3. The third-order valence-electron chi connectivity index (χ3n) is 2.52. The Morgan fingerprint density at radius 1 is 1.33 bits per heavy atom. The SMILES string of the molecule is CC1CN1CCc1ccccc1. The fourth-order valence-electron chi connectivity index (χ4n) is 1.52. The van der Waals surface area contributed by atoms with Gasteiger partial charge >= 0.3 is 0 Å². The second-order valence-electron chi connectivity index (χ2n) is 3.58. The summed E-state index contributed by atoms with van der Waals surface area (Å²) in [5.74, 6) is 0. The lowest BCUT2D eigenvalue weighted by Gasteiger charge is -2.01. The van der Waals surface area contributed by atoms with Crippen LogP contribution in [0.5, 0.6) is 0 Å². The lowest BCUT2D eigenvalue weighted by Crippen LogP contribution is -2.04. The smallest absolute Gasteiger partial charge is 0.0195 e. The van der Waals surface area contributed by atoms with Crippen molar-refractivity contribution < 1.29 is 0 Å². The lowest BCUT2D eigenvalue weighted by molar-refractivity contribution is 0.521. The van der Waals surface area contributed by atoms with Gasteiger partial charge in [0.15, 0.2) is 0 Å². The molecule has 0 aliphatic carbocycles. The minimum absolute atomic E-state index is 0.841. The summed E-state index contributed by atoms with van der Waals surface area (Å²) in [6.07, 6.45) is 1.20. The Kier molecular flexibility index (Phi) is 2.13. The van der Waals surface area contributed by atoms with E-state index >= 15 is 0 Å². The summed E-state index contributed by atoms with van der Waals surface area (Å²) >= 11 is 0. The first-order chi connectivity index (χ1) is 5.86. The van der Waals surface area contributed by atoms with E-state index in [1.165, 1.54) is 25.1 Å². The highest BCUT2D eigenvalue weighted by Gasteiger charge is 2.27. The maximum Gasteiger partial charge on any atom is 0.0195 e. The first kappa shape index (κ1) is 7.81. The fourth-order valence-corrected chi connectivity index (χ4v) is 1.52. The number of benzene rings is 1. The van der Waals surface area contributed by atoms with Crippen molar-refractivity contribution in [3.05, 3.63) is 35.9 Å². The molecule has 12 heavy (non-hydrogen) atoms. The summed E-state index contributed by atoms with van der Waals surface area (Å²) in [5.41, 5.74) is 1.46. The molecule has 1 fully saturated rings. The zero-order valence-electron chi connectivity index (χ0n) is 7.53. The van der Waals surface area contributed by atoms with Gasteiger partial charge in [-0.3, -0.25) is 4.90 Å². The largest absolute Gasteiger partial charge is 0.298 e. The van der Waals surface area contributed by atoms with E-state index in [1.807, 2.05) is 0 Å². The van der Waals surface area contributed by atoms with Gasteiger partial charge in [-0.1, -0.05) is 30.3 Å². The second kappa shape index (κ2) is 3.28. The fraction of sp³-hybridized carbons (Fsp3) is 0.455. The molecule has 2 atom stereocenters. The number of hydrogen-bond donors (Lipinski definition) is 0. The van der Waals surface area contributed by atoms with Gasteiger partial charge in [-0.05, 0) is 18.9 Å². The molecule has 2 unspecified atom stereocenters. The Bertz CT molecular complexity index is 242. The highest BCUT2D eigenvalue weighted by Crippen LogP contribution is 2.16. The molecule has 1 aliphatic rings. The molecule has 0 N–H and O–H groups in total. The third-order valence-corrected chi connectivity index (χ3v) is 2.52. The molecule has 1 aliphatic heterocycles. The van der Waals surface area contributed by atoms with Gasteiger partial charge in [0.25, 0.3) is 0 Å². The van der Waals surface area contributed by atoms with Crippen LogP contribution in [0, 0.1) is 0 Å². The van der Waals surface area contributed by atoms with Crippen LogP contribution in [0.15, 0.2) is 30.3 Å². The van der Waals surface area contributed by atoms with Crippen LogP contribution in [0.1, 0.15) is 12.5 Å². The average Bonchev–Trinajstić information content (AvgIpc) is 2.81. The number of hydrogen-bond acceptors (Lipinski definition) is 1. The lowest BCUT2D eigenvalue weighted by atomic mass is 10.1. The molecule has 1 aromatic carbocycles. The molecule has 0 saturated carbocycles. The quantitative estimate of drug-likeness (QED) is 0.612. The molecular formula is C11H15N. The molecular weight excluding hydrogens is 146 g/mol. The van der Waals surface area contributed by atoms with Crippen LogP contribution in [0.4, 0.5) is 0 Å². The standard InChI is InChI=1S/C11H15N/c1-10-9-12(10)8-7-11-5-3-2-4-6-11/h2-6,10H,7-9H2,1H3. The highest BCUT2D eigenvalue weighted by atomic mass is 15.3.